The molecule has 0 N–H and O–H groups in total. The molecule has 0 spiro atoms. The van der Waals surface area contributed by atoms with Crippen molar-refractivity contribution in [3.05, 3.63) is 21.3 Å². The van der Waals surface area contributed by atoms with Crippen molar-refractivity contribution in [2.75, 3.05) is 52.6 Å². The molecule has 2 fully saturated rings. The summed E-state index contributed by atoms with van der Waals surface area (Å²) in [5, 5.41) is 0. The van der Waals surface area contributed by atoms with E-state index in [-0.39, 0.29) is 12.5 Å². The first-order valence-corrected chi connectivity index (χ1v) is 10.8. The lowest BCUT2D eigenvalue weighted by molar-refractivity contribution is -0.137. The summed E-state index contributed by atoms with van der Waals surface area (Å²) in [6, 6.07) is 3.94. The number of rotatable bonds is 6. The summed E-state index contributed by atoms with van der Waals surface area (Å²) in [7, 11) is 0. The Morgan fingerprint density at radius 1 is 1.15 bits per heavy atom. The van der Waals surface area contributed by atoms with Crippen LogP contribution in [0.15, 0.2) is 12.1 Å². The Morgan fingerprint density at radius 2 is 1.85 bits per heavy atom. The normalized spacial score (nSPS) is 17.1. The molecule has 0 aromatic heterocycles. The molecule has 0 saturated carbocycles. The molecule has 2 aliphatic rings. The van der Waals surface area contributed by atoms with Crippen LogP contribution in [-0.4, -0.2) is 73.3 Å². The van der Waals surface area contributed by atoms with Crippen molar-refractivity contribution in [3.63, 3.8) is 0 Å². The molecule has 2 aliphatic heterocycles. The molecular weight excluding hydrogens is 479 g/mol. The standard InChI is InChI=1S/C19H25IN2O4S/c1-2-25-16-12-14(19(27)22-5-3-4-6-22)11-15(20)18(16)26-13-17(23)21-7-9-24-10-8-21/h11-12H,2-10,13H2,1H3. The fourth-order valence-corrected chi connectivity index (χ4v) is 4.29. The SMILES string of the molecule is CCOc1cc(C(=S)N2CCCC2)cc(I)c1OCC(=O)N1CCOCC1. The van der Waals surface area contributed by atoms with E-state index in [9.17, 15) is 4.79 Å². The number of benzene rings is 1. The van der Waals surface area contributed by atoms with Crippen LogP contribution in [0.25, 0.3) is 0 Å². The Labute approximate surface area is 179 Å². The average Bonchev–Trinajstić information content (AvgIpc) is 3.22. The third kappa shape index (κ3) is 5.23. The van der Waals surface area contributed by atoms with E-state index in [0.29, 0.717) is 44.4 Å². The molecule has 3 rings (SSSR count). The maximum Gasteiger partial charge on any atom is 0.260 e. The number of carbonyl (C=O) groups is 1. The van der Waals surface area contributed by atoms with Crippen LogP contribution in [0.3, 0.4) is 0 Å². The largest absolute Gasteiger partial charge is 0.490 e. The minimum Gasteiger partial charge on any atom is -0.490 e. The van der Waals surface area contributed by atoms with Gasteiger partial charge in [0.05, 0.1) is 23.4 Å². The number of amides is 1. The first kappa shape index (κ1) is 20.6. The van der Waals surface area contributed by atoms with E-state index in [1.54, 1.807) is 4.90 Å². The quantitative estimate of drug-likeness (QED) is 0.439. The second-order valence-corrected chi connectivity index (χ2v) is 8.05. The number of carbonyl (C=O) groups excluding carboxylic acids is 1. The topological polar surface area (TPSA) is 51.2 Å². The highest BCUT2D eigenvalue weighted by atomic mass is 127. The Bertz CT molecular complexity index is 689. The van der Waals surface area contributed by atoms with Gasteiger partial charge in [-0.1, -0.05) is 12.2 Å². The van der Waals surface area contributed by atoms with Gasteiger partial charge in [-0.25, -0.2) is 0 Å². The highest BCUT2D eigenvalue weighted by molar-refractivity contribution is 14.1. The first-order chi connectivity index (χ1) is 13.1. The van der Waals surface area contributed by atoms with Crippen molar-refractivity contribution in [2.45, 2.75) is 19.8 Å². The van der Waals surface area contributed by atoms with Gasteiger partial charge in [-0.3, -0.25) is 4.79 Å². The van der Waals surface area contributed by atoms with E-state index in [4.69, 9.17) is 26.4 Å². The van der Waals surface area contributed by atoms with Crippen LogP contribution in [0, 0.1) is 3.57 Å². The molecule has 0 bridgehead atoms. The number of likely N-dealkylation sites (tertiary alicyclic amines) is 1. The number of thiocarbonyl (C=S) groups is 1. The van der Waals surface area contributed by atoms with Crippen molar-refractivity contribution in [1.29, 1.82) is 0 Å². The molecule has 2 saturated heterocycles. The molecule has 0 unspecified atom stereocenters. The van der Waals surface area contributed by atoms with Gasteiger partial charge in [0.15, 0.2) is 18.1 Å². The monoisotopic (exact) mass is 504 g/mol. The van der Waals surface area contributed by atoms with Crippen LogP contribution in [0.5, 0.6) is 11.5 Å². The van der Waals surface area contributed by atoms with Crippen LogP contribution in [0.4, 0.5) is 0 Å². The average molecular weight is 504 g/mol. The summed E-state index contributed by atoms with van der Waals surface area (Å²) >= 11 is 7.89. The summed E-state index contributed by atoms with van der Waals surface area (Å²) < 4.78 is 17.9. The number of halogens is 1. The minimum absolute atomic E-state index is 0.00794. The van der Waals surface area contributed by atoms with Crippen molar-refractivity contribution >= 4 is 45.7 Å². The Morgan fingerprint density at radius 3 is 2.52 bits per heavy atom. The Kier molecular flexibility index (Phi) is 7.54. The second-order valence-electron chi connectivity index (χ2n) is 6.50. The molecule has 148 valence electrons. The van der Waals surface area contributed by atoms with E-state index in [1.807, 2.05) is 19.1 Å². The molecule has 0 aliphatic carbocycles. The summed E-state index contributed by atoms with van der Waals surface area (Å²) in [6.07, 6.45) is 2.36. The van der Waals surface area contributed by atoms with Crippen molar-refractivity contribution in [1.82, 2.24) is 9.80 Å². The Balaban J connectivity index is 1.73. The van der Waals surface area contributed by atoms with Gasteiger partial charge in [0.1, 0.15) is 4.99 Å². The van der Waals surface area contributed by atoms with E-state index in [2.05, 4.69) is 27.5 Å². The molecule has 1 aromatic carbocycles. The zero-order valence-electron chi connectivity index (χ0n) is 15.5. The van der Waals surface area contributed by atoms with Crippen molar-refractivity contribution < 1.29 is 19.0 Å². The lowest BCUT2D eigenvalue weighted by atomic mass is 10.2. The zero-order chi connectivity index (χ0) is 19.2. The summed E-state index contributed by atoms with van der Waals surface area (Å²) in [5.41, 5.74) is 0.964. The predicted octanol–water partition coefficient (Wildman–Crippen LogP) is 2.70. The van der Waals surface area contributed by atoms with Gasteiger partial charge in [-0.15, -0.1) is 0 Å². The van der Waals surface area contributed by atoms with Gasteiger partial charge in [0.25, 0.3) is 5.91 Å². The smallest absolute Gasteiger partial charge is 0.260 e. The third-order valence-electron chi connectivity index (χ3n) is 4.65. The van der Waals surface area contributed by atoms with Crippen LogP contribution < -0.4 is 9.47 Å². The van der Waals surface area contributed by atoms with Gasteiger partial charge in [0.2, 0.25) is 0 Å². The molecule has 2 heterocycles. The molecule has 0 atom stereocenters. The summed E-state index contributed by atoms with van der Waals surface area (Å²) in [5.74, 6) is 1.20. The van der Waals surface area contributed by atoms with E-state index >= 15 is 0 Å². The van der Waals surface area contributed by atoms with E-state index in [0.717, 1.165) is 27.2 Å². The van der Waals surface area contributed by atoms with Crippen molar-refractivity contribution in [3.8, 4) is 11.5 Å². The van der Waals surface area contributed by atoms with Gasteiger partial charge >= 0.3 is 0 Å². The first-order valence-electron chi connectivity index (χ1n) is 9.34. The number of hydrogen-bond acceptors (Lipinski definition) is 5. The second kappa shape index (κ2) is 9.88. The molecule has 0 radical (unpaired) electrons. The van der Waals surface area contributed by atoms with Crippen molar-refractivity contribution in [2.24, 2.45) is 0 Å². The molecular formula is C19H25IN2O4S. The van der Waals surface area contributed by atoms with E-state index in [1.165, 1.54) is 12.8 Å². The maximum atomic E-state index is 12.4. The van der Waals surface area contributed by atoms with Gasteiger partial charge in [0, 0.05) is 31.7 Å². The third-order valence-corrected chi connectivity index (χ3v) is 5.95. The fourth-order valence-electron chi connectivity index (χ4n) is 3.24. The van der Waals surface area contributed by atoms with Gasteiger partial charge < -0.3 is 24.0 Å². The Hall–Kier alpha value is -1.13. The number of hydrogen-bond donors (Lipinski definition) is 0. The molecule has 1 amide bonds. The highest BCUT2D eigenvalue weighted by Crippen LogP contribution is 2.35. The molecule has 27 heavy (non-hydrogen) atoms. The predicted molar refractivity (Wildman–Crippen MR) is 116 cm³/mol. The van der Waals surface area contributed by atoms with E-state index < -0.39 is 0 Å². The molecule has 1 aromatic rings. The van der Waals surface area contributed by atoms with Crippen LogP contribution in [-0.2, 0) is 9.53 Å². The lowest BCUT2D eigenvalue weighted by Crippen LogP contribution is -2.43. The van der Waals surface area contributed by atoms with Crippen LogP contribution >= 0.6 is 34.8 Å². The minimum atomic E-state index is -0.0341. The molecule has 8 heteroatoms. The van der Waals surface area contributed by atoms with Gasteiger partial charge in [-0.05, 0) is 54.5 Å². The number of morpholine rings is 1. The van der Waals surface area contributed by atoms with Crippen LogP contribution in [0.2, 0.25) is 0 Å². The maximum absolute atomic E-state index is 12.4. The lowest BCUT2D eigenvalue weighted by Gasteiger charge is -2.27. The number of ether oxygens (including phenoxy) is 3. The van der Waals surface area contributed by atoms with Crippen LogP contribution in [0.1, 0.15) is 25.3 Å². The zero-order valence-corrected chi connectivity index (χ0v) is 18.5. The number of nitrogens with zero attached hydrogens (tertiary/aromatic N) is 2. The molecule has 6 nitrogen and oxygen atoms in total. The summed E-state index contributed by atoms with van der Waals surface area (Å²) in [4.78, 5) is 17.2. The highest BCUT2D eigenvalue weighted by Gasteiger charge is 2.22. The fraction of sp³-hybridized carbons (Fsp3) is 0.579. The summed E-state index contributed by atoms with van der Waals surface area (Å²) in [6.45, 7) is 6.83. The van der Waals surface area contributed by atoms with Gasteiger partial charge in [-0.2, -0.15) is 0 Å².